The summed E-state index contributed by atoms with van der Waals surface area (Å²) in [5.41, 5.74) is 6.27. The third-order valence-electron chi connectivity index (χ3n) is 7.95. The predicted molar refractivity (Wildman–Crippen MR) is 163 cm³/mol. The van der Waals surface area contributed by atoms with Crippen molar-refractivity contribution in [2.45, 2.75) is 87.9 Å². The number of nitrogens with two attached hydrogens (primary N) is 1. The van der Waals surface area contributed by atoms with Gasteiger partial charge in [0.1, 0.15) is 48.5 Å². The van der Waals surface area contributed by atoms with Crippen LogP contribution in [0.5, 0.6) is 0 Å². The van der Waals surface area contributed by atoms with Crippen molar-refractivity contribution >= 4 is 63.4 Å². The Hall–Kier alpha value is -1.06. The summed E-state index contributed by atoms with van der Waals surface area (Å²) in [7, 11) is -2.50. The van der Waals surface area contributed by atoms with Gasteiger partial charge in [0.15, 0.2) is 32.2 Å². The molecule has 0 radical (unpaired) electrons. The van der Waals surface area contributed by atoms with Crippen LogP contribution in [0.3, 0.4) is 0 Å². The van der Waals surface area contributed by atoms with Crippen molar-refractivity contribution < 1.29 is 45.5 Å². The number of anilines is 1. The van der Waals surface area contributed by atoms with Crippen molar-refractivity contribution in [3.63, 3.8) is 0 Å². The largest absolute Gasteiger partial charge is 0.408 e. The standard InChI is InChI=1S/C23H34FN5O9P2S2Si/c1-7-12-18-19(38-43(5,6)23(2,3)4)14(34-12)9-33-39(30,41)36-17-13(8-32-40(31,42)37-18)35-22(15(17)24)29-11-28-16-20(25)26-10-27-21(16)29/h1,10-15,17-19,22H,8-9H2,2-6H3,(H,30,41)(H,31,42)(H2,25,26,27)/t12-,13+,14+,15+,17+,18-,19?,22+,39?,40?/m0/s1. The molecule has 0 saturated carbocycles. The number of terminal acetylenes is 1. The third-order valence-corrected chi connectivity index (χ3v) is 15.7. The van der Waals surface area contributed by atoms with E-state index in [1.165, 1.54) is 17.2 Å². The number of hydrogen-bond acceptors (Lipinski definition) is 13. The third kappa shape index (κ3) is 6.74. The Morgan fingerprint density at radius 1 is 1.09 bits per heavy atom. The van der Waals surface area contributed by atoms with Crippen LogP contribution in [0.15, 0.2) is 12.7 Å². The highest BCUT2D eigenvalue weighted by Gasteiger charge is 2.55. The first-order valence-corrected chi connectivity index (χ1v) is 21.6. The summed E-state index contributed by atoms with van der Waals surface area (Å²) in [6, 6.07) is 0. The lowest BCUT2D eigenvalue weighted by atomic mass is 10.1. The molecule has 238 valence electrons. The van der Waals surface area contributed by atoms with E-state index in [1.54, 1.807) is 0 Å². The molecule has 3 unspecified atom stereocenters. The lowest BCUT2D eigenvalue weighted by Gasteiger charge is -2.40. The molecule has 20 heteroatoms. The van der Waals surface area contributed by atoms with Crippen molar-refractivity contribution in [1.82, 2.24) is 19.5 Å². The molecule has 43 heavy (non-hydrogen) atoms. The number of nitrogen functional groups attached to an aromatic ring is 1. The van der Waals surface area contributed by atoms with Crippen LogP contribution in [0.1, 0.15) is 27.0 Å². The van der Waals surface area contributed by atoms with E-state index in [-0.39, 0.29) is 28.6 Å². The molecule has 2 aromatic heterocycles. The molecule has 3 aliphatic rings. The second-order valence-corrected chi connectivity index (χ2v) is 22.4. The Bertz CT molecular complexity index is 1510. The van der Waals surface area contributed by atoms with Crippen LogP contribution in [-0.2, 0) is 41.1 Å². The summed E-state index contributed by atoms with van der Waals surface area (Å²) >= 11 is 8.26. The van der Waals surface area contributed by atoms with Crippen LogP contribution in [0.4, 0.5) is 10.2 Å². The maximum Gasteiger partial charge on any atom is 0.386 e. The molecule has 0 aromatic carbocycles. The van der Waals surface area contributed by atoms with Crippen LogP contribution in [0.25, 0.3) is 11.2 Å². The minimum atomic E-state index is -4.28. The SMILES string of the molecule is C#C[C@@H]1O[C@@H]2COP(=O)(S)O[C@H]3[C@@H](F)[C@H](n4cnc5c(N)ncnc54)O[C@@H]3COP(=O)(S)O[C@@H]1C2O[Si](C)(C)C(C)(C)C. The fourth-order valence-electron chi connectivity index (χ4n) is 4.71. The van der Waals surface area contributed by atoms with Gasteiger partial charge in [-0.25, -0.2) is 28.5 Å². The van der Waals surface area contributed by atoms with Crippen molar-refractivity contribution in [2.24, 2.45) is 0 Å². The van der Waals surface area contributed by atoms with Gasteiger partial charge in [-0.1, -0.05) is 51.2 Å². The fourth-order valence-corrected chi connectivity index (χ4v) is 8.97. The van der Waals surface area contributed by atoms with Gasteiger partial charge in [0.25, 0.3) is 0 Å². The highest BCUT2D eigenvalue weighted by atomic mass is 32.7. The number of halogens is 1. The molecule has 3 aliphatic heterocycles. The van der Waals surface area contributed by atoms with Gasteiger partial charge >= 0.3 is 13.6 Å². The summed E-state index contributed by atoms with van der Waals surface area (Å²) in [6.07, 6.45) is -1.97. The molecule has 0 spiro atoms. The van der Waals surface area contributed by atoms with E-state index < -0.39 is 77.5 Å². The Morgan fingerprint density at radius 3 is 2.35 bits per heavy atom. The number of aromatic nitrogens is 4. The highest BCUT2D eigenvalue weighted by Crippen LogP contribution is 2.60. The molecular formula is C23H34FN5O9P2S2Si. The van der Waals surface area contributed by atoms with Crippen LogP contribution >= 0.6 is 38.1 Å². The summed E-state index contributed by atoms with van der Waals surface area (Å²) in [5, 5.41) is -0.233. The van der Waals surface area contributed by atoms with E-state index in [0.29, 0.717) is 0 Å². The zero-order chi connectivity index (χ0) is 31.5. The smallest absolute Gasteiger partial charge is 0.386 e. The number of rotatable bonds is 3. The van der Waals surface area contributed by atoms with Gasteiger partial charge in [-0.15, -0.1) is 6.42 Å². The second kappa shape index (κ2) is 11.9. The fraction of sp³-hybridized carbons (Fsp3) is 0.696. The molecule has 0 amide bonds. The Labute approximate surface area is 259 Å². The predicted octanol–water partition coefficient (Wildman–Crippen LogP) is 4.33. The van der Waals surface area contributed by atoms with Gasteiger partial charge in [-0.2, -0.15) is 0 Å². The number of fused-ring (bicyclic) bond motifs is 4. The maximum absolute atomic E-state index is 16.0. The topological polar surface area (TPSA) is 168 Å². The zero-order valence-electron chi connectivity index (χ0n) is 24.0. The second-order valence-electron chi connectivity index (χ2n) is 11.9. The molecule has 10 atom stereocenters. The average Bonchev–Trinajstić information content (AvgIpc) is 3.55. The van der Waals surface area contributed by atoms with Crippen LogP contribution in [-0.4, -0.2) is 83.8 Å². The molecule has 2 bridgehead atoms. The first kappa shape index (κ1) is 33.3. The molecule has 14 nitrogen and oxygen atoms in total. The monoisotopic (exact) mass is 697 g/mol. The van der Waals surface area contributed by atoms with E-state index in [2.05, 4.69) is 45.4 Å². The molecule has 2 aromatic rings. The van der Waals surface area contributed by atoms with Crippen molar-refractivity contribution in [2.75, 3.05) is 18.9 Å². The van der Waals surface area contributed by atoms with E-state index in [4.69, 9.17) is 44.2 Å². The maximum atomic E-state index is 16.0. The van der Waals surface area contributed by atoms with Crippen molar-refractivity contribution in [3.8, 4) is 12.3 Å². The molecule has 3 fully saturated rings. The molecule has 0 aliphatic carbocycles. The highest BCUT2D eigenvalue weighted by molar-refractivity contribution is 8.44. The number of nitrogens with zero attached hydrogens (tertiary/aromatic N) is 4. The number of imidazole rings is 1. The minimum absolute atomic E-state index is 0.0821. The Balaban J connectivity index is 1.46. The van der Waals surface area contributed by atoms with Gasteiger partial charge in [-0.05, 0) is 18.1 Å². The normalized spacial score (nSPS) is 39.4. The molecule has 5 heterocycles. The molecule has 2 N–H and O–H groups in total. The minimum Gasteiger partial charge on any atom is -0.408 e. The van der Waals surface area contributed by atoms with Crippen LogP contribution < -0.4 is 5.73 Å². The number of hydrogen-bond donors (Lipinski definition) is 3. The van der Waals surface area contributed by atoms with Crippen LogP contribution in [0, 0.1) is 12.3 Å². The molecular weight excluding hydrogens is 663 g/mol. The van der Waals surface area contributed by atoms with Gasteiger partial charge < -0.3 is 19.6 Å². The van der Waals surface area contributed by atoms with E-state index >= 15 is 4.39 Å². The van der Waals surface area contributed by atoms with E-state index in [0.717, 1.165) is 0 Å². The van der Waals surface area contributed by atoms with Crippen molar-refractivity contribution in [3.05, 3.63) is 12.7 Å². The van der Waals surface area contributed by atoms with Crippen LogP contribution in [0.2, 0.25) is 18.1 Å². The molecule has 3 saturated heterocycles. The number of ether oxygens (including phenoxy) is 2. The number of thiol groups is 2. The number of alkyl halides is 1. The zero-order valence-corrected chi connectivity index (χ0v) is 28.6. The average molecular weight is 698 g/mol. The summed E-state index contributed by atoms with van der Waals surface area (Å²) in [4.78, 5) is 12.1. The van der Waals surface area contributed by atoms with Gasteiger partial charge in [0, 0.05) is 0 Å². The first-order chi connectivity index (χ1) is 19.9. The first-order valence-electron chi connectivity index (χ1n) is 13.3. The quantitative estimate of drug-likeness (QED) is 0.180. The molecule has 5 rings (SSSR count). The lowest BCUT2D eigenvalue weighted by molar-refractivity contribution is -0.0433. The van der Waals surface area contributed by atoms with E-state index in [1.807, 2.05) is 33.9 Å². The van der Waals surface area contributed by atoms with Crippen molar-refractivity contribution in [1.29, 1.82) is 0 Å². The van der Waals surface area contributed by atoms with E-state index in [9.17, 15) is 9.13 Å². The van der Waals surface area contributed by atoms with Gasteiger partial charge in [-0.3, -0.25) is 22.7 Å². The summed E-state index contributed by atoms with van der Waals surface area (Å²) < 4.78 is 85.4. The lowest BCUT2D eigenvalue weighted by Crippen LogP contribution is -2.50. The summed E-state index contributed by atoms with van der Waals surface area (Å²) in [5.74, 6) is 2.55. The Kier molecular flexibility index (Phi) is 9.25. The van der Waals surface area contributed by atoms with Gasteiger partial charge in [0.05, 0.1) is 19.5 Å². The Morgan fingerprint density at radius 2 is 1.72 bits per heavy atom. The summed E-state index contributed by atoms with van der Waals surface area (Å²) in [6.45, 7) is 0.698. The van der Waals surface area contributed by atoms with Gasteiger partial charge in [0.2, 0.25) is 0 Å².